The first-order chi connectivity index (χ1) is 44.7. The summed E-state index contributed by atoms with van der Waals surface area (Å²) in [5.74, 6) is -0.863. The van der Waals surface area contributed by atoms with Crippen molar-refractivity contribution in [3.63, 3.8) is 0 Å². The van der Waals surface area contributed by atoms with Gasteiger partial charge in [-0.25, -0.2) is 13.6 Å². The number of pyridine rings is 6. The van der Waals surface area contributed by atoms with Gasteiger partial charge in [-0.1, -0.05) is 0 Å². The van der Waals surface area contributed by atoms with Crippen LogP contribution in [0.3, 0.4) is 0 Å². The fourth-order valence-corrected chi connectivity index (χ4v) is 12.8. The van der Waals surface area contributed by atoms with Gasteiger partial charge in [0.2, 0.25) is 0 Å². The molecular weight excluding hydrogens is 1180 g/mol. The maximum Gasteiger partial charge on any atom is 0.410 e. The second kappa shape index (κ2) is 29.3. The van der Waals surface area contributed by atoms with Crippen LogP contribution >= 0.6 is 0 Å². The highest BCUT2D eigenvalue weighted by Crippen LogP contribution is 2.40. The number of piperidine rings is 2. The number of ether oxygens (including phenoxy) is 3. The van der Waals surface area contributed by atoms with Gasteiger partial charge < -0.3 is 43.4 Å². The van der Waals surface area contributed by atoms with Gasteiger partial charge in [0.15, 0.2) is 34.0 Å². The van der Waals surface area contributed by atoms with Crippen molar-refractivity contribution >= 4 is 39.3 Å². The fraction of sp³-hybridized carbons (Fsp3) is 0.466. The summed E-state index contributed by atoms with van der Waals surface area (Å²) in [6.07, 6.45) is 19.3. The van der Waals surface area contributed by atoms with E-state index in [1.165, 1.54) is 22.6 Å². The largest absolute Gasteiger partial charge is 0.489 e. The Bertz CT molecular complexity index is 4040. The van der Waals surface area contributed by atoms with E-state index in [-0.39, 0.29) is 53.6 Å². The van der Waals surface area contributed by atoms with Crippen LogP contribution in [0.4, 0.5) is 25.0 Å². The average molecular weight is 1270 g/mol. The van der Waals surface area contributed by atoms with Gasteiger partial charge in [-0.15, -0.1) is 0 Å². The number of aryl methyl sites for hydroxylation is 4. The van der Waals surface area contributed by atoms with E-state index >= 15 is 8.78 Å². The molecule has 2 aliphatic heterocycles. The van der Waals surface area contributed by atoms with Crippen molar-refractivity contribution < 1.29 is 27.8 Å². The molecule has 492 valence electrons. The number of carbonyl (C=O) groups is 1. The number of nitrogens with one attached hydrogen (secondary N) is 1. The second-order valence-electron chi connectivity index (χ2n) is 26.8. The van der Waals surface area contributed by atoms with Gasteiger partial charge in [-0.2, -0.15) is 0 Å². The highest BCUT2D eigenvalue weighted by molar-refractivity contribution is 5.83. The number of rotatable bonds is 22. The number of amides is 1. The lowest BCUT2D eigenvalue weighted by atomic mass is 10.0. The Balaban J connectivity index is 0.000000192. The van der Waals surface area contributed by atoms with E-state index in [0.29, 0.717) is 72.8 Å². The van der Waals surface area contributed by atoms with Crippen molar-refractivity contribution in [3.8, 4) is 11.5 Å². The van der Waals surface area contributed by atoms with E-state index in [0.717, 1.165) is 123 Å². The molecule has 1 N–H and O–H groups in total. The lowest BCUT2D eigenvalue weighted by Gasteiger charge is -2.40. The Morgan fingerprint density at radius 2 is 1.06 bits per heavy atom. The van der Waals surface area contributed by atoms with E-state index in [9.17, 15) is 14.4 Å². The summed E-state index contributed by atoms with van der Waals surface area (Å²) in [4.78, 5) is 69.4. The number of anilines is 2. The molecule has 2 atom stereocenters. The lowest BCUT2D eigenvalue weighted by molar-refractivity contribution is 0.0277. The normalized spacial score (nSPS) is 16.8. The zero-order chi connectivity index (χ0) is 65.5. The third-order valence-electron chi connectivity index (χ3n) is 18.0. The molecule has 2 saturated carbocycles. The molecule has 0 spiro atoms. The number of halogens is 2. The number of aromatic nitrogens is 6. The number of likely N-dealkylation sites (N-methyl/N-ethyl adjacent to an activating group) is 2. The van der Waals surface area contributed by atoms with Crippen molar-refractivity contribution in [2.24, 2.45) is 0 Å². The zero-order valence-corrected chi connectivity index (χ0v) is 55.5. The Kier molecular flexibility index (Phi) is 20.8. The van der Waals surface area contributed by atoms with Crippen LogP contribution in [0.15, 0.2) is 120 Å². The van der Waals surface area contributed by atoms with Crippen LogP contribution in [0.2, 0.25) is 0 Å². The van der Waals surface area contributed by atoms with Crippen molar-refractivity contribution in [1.29, 1.82) is 0 Å². The van der Waals surface area contributed by atoms with Crippen molar-refractivity contribution in [3.05, 3.63) is 187 Å². The van der Waals surface area contributed by atoms with Gasteiger partial charge in [0.25, 0.3) is 0 Å². The van der Waals surface area contributed by atoms with Gasteiger partial charge in [0.1, 0.15) is 18.8 Å². The minimum Gasteiger partial charge on any atom is -0.489 e. The van der Waals surface area contributed by atoms with Crippen LogP contribution in [-0.4, -0.2) is 134 Å². The Labute approximate surface area is 544 Å². The molecule has 20 heteroatoms. The van der Waals surface area contributed by atoms with E-state index in [4.69, 9.17) is 14.2 Å². The monoisotopic (exact) mass is 1270 g/mol. The van der Waals surface area contributed by atoms with Crippen LogP contribution < -0.4 is 35.4 Å². The Morgan fingerprint density at radius 3 is 1.47 bits per heavy atom. The molecule has 1 amide bonds. The molecule has 4 fully saturated rings. The molecule has 4 aliphatic rings. The molecule has 8 heterocycles. The van der Waals surface area contributed by atoms with Crippen molar-refractivity contribution in [2.45, 2.75) is 156 Å². The van der Waals surface area contributed by atoms with Gasteiger partial charge in [-0.05, 0) is 179 Å². The van der Waals surface area contributed by atoms with Gasteiger partial charge in [0.05, 0.1) is 41.3 Å². The number of carbonyl (C=O) groups excluding carboxylic acids is 1. The molecule has 6 aromatic heterocycles. The summed E-state index contributed by atoms with van der Waals surface area (Å²) < 4.78 is 52.0. The first-order valence-electron chi connectivity index (χ1n) is 33.0. The third-order valence-corrected chi connectivity index (χ3v) is 18.0. The molecular formula is C73H90F2N12O6. The Morgan fingerprint density at radius 1 is 0.602 bits per heavy atom. The van der Waals surface area contributed by atoms with Crippen LogP contribution in [0, 0.1) is 39.3 Å². The molecule has 2 aromatic carbocycles. The summed E-state index contributed by atoms with van der Waals surface area (Å²) in [5, 5.41) is 3.78. The second-order valence-corrected chi connectivity index (χ2v) is 26.8. The highest BCUT2D eigenvalue weighted by atomic mass is 19.1. The summed E-state index contributed by atoms with van der Waals surface area (Å²) in [6.45, 7) is 20.5. The molecule has 93 heavy (non-hydrogen) atoms. The molecule has 18 nitrogen and oxygen atoms in total. The molecule has 2 saturated heterocycles. The summed E-state index contributed by atoms with van der Waals surface area (Å²) in [7, 11) is 3.44. The summed E-state index contributed by atoms with van der Waals surface area (Å²) in [5.41, 5.74) is 10.3. The van der Waals surface area contributed by atoms with Gasteiger partial charge >= 0.3 is 6.09 Å². The van der Waals surface area contributed by atoms with E-state index in [2.05, 4.69) is 90.4 Å². The summed E-state index contributed by atoms with van der Waals surface area (Å²) >= 11 is 0. The first kappa shape index (κ1) is 66.1. The predicted molar refractivity (Wildman–Crippen MR) is 362 cm³/mol. The quantitative estimate of drug-likeness (QED) is 0.0636. The molecule has 0 radical (unpaired) electrons. The van der Waals surface area contributed by atoms with Crippen LogP contribution in [-0.2, 0) is 30.9 Å². The van der Waals surface area contributed by atoms with Crippen LogP contribution in [0.5, 0.6) is 11.5 Å². The van der Waals surface area contributed by atoms with Crippen molar-refractivity contribution in [1.82, 2.24) is 49.1 Å². The zero-order valence-electron chi connectivity index (χ0n) is 55.5. The van der Waals surface area contributed by atoms with Crippen LogP contribution in [0.1, 0.15) is 129 Å². The van der Waals surface area contributed by atoms with Gasteiger partial charge in [0, 0.05) is 172 Å². The van der Waals surface area contributed by atoms with E-state index in [1.54, 1.807) is 40.0 Å². The van der Waals surface area contributed by atoms with E-state index in [1.807, 2.05) is 84.1 Å². The topological polar surface area (TPSA) is 169 Å². The Hall–Kier alpha value is -8.33. The number of hydrogen-bond donors (Lipinski definition) is 1. The standard InChI is InChI=1S/C39H49FN6O4.C34H41FN6O2/c1-26-9-10-31(21-42-26)44-15-7-8-32(25-44)45(22-28-13-14-41-27(2)18-28)23-29-24-46(30-11-12-30)35-20-36(34(40)19-33(35)37(29)47)49-17-16-43(6)38(48)50-39(3,4)5;1-23-6-7-28(18-38-23)39-13-4-5-29(22-39)40(19-25-10-11-37-24(2)15-25)20-26-21-41(27-8-9-27)32-17-33(43-14-12-36-3)31(35)16-30(32)34(26)42/h9-10,13-14,18-21,24,30,32H,7-8,11-12,15-17,22-23,25H2,1-6H3;6-7,10-11,15-18,21,27,29,36H,4-5,8-9,12-14,19-20,22H2,1-3H3/t32-;29-/m00/s1. The SMILES string of the molecule is CNCCOc1cc2c(cc1F)c(=O)c(CN(Cc1ccnc(C)c1)[C@H]1CCCN(c3ccc(C)nc3)C1)cn2C1CC1.Cc1ccc(N2CCC[C@H](N(Cc3ccnc(C)c3)Cc3cn(C4CC4)c4cc(OCCN(C)C(=O)OC(C)(C)C)c(F)cc4c3=O)C2)cn1. The molecule has 0 unspecified atom stereocenters. The maximum atomic E-state index is 15.6. The average Bonchev–Trinajstić information content (AvgIpc) is 1.75. The van der Waals surface area contributed by atoms with Gasteiger partial charge in [-0.3, -0.25) is 39.3 Å². The smallest absolute Gasteiger partial charge is 0.410 e. The highest BCUT2D eigenvalue weighted by Gasteiger charge is 2.33. The van der Waals surface area contributed by atoms with E-state index < -0.39 is 23.3 Å². The lowest BCUT2D eigenvalue weighted by Crippen LogP contribution is -2.48. The molecule has 0 bridgehead atoms. The summed E-state index contributed by atoms with van der Waals surface area (Å²) in [6, 6.07) is 23.7. The molecule has 2 aliphatic carbocycles. The van der Waals surface area contributed by atoms with Crippen molar-refractivity contribution in [2.75, 3.05) is 76.4 Å². The number of fused-ring (bicyclic) bond motifs is 2. The number of nitrogens with zero attached hydrogens (tertiary/aromatic N) is 11. The molecule has 8 aromatic rings. The third kappa shape index (κ3) is 16.9. The molecule has 12 rings (SSSR count). The predicted octanol–water partition coefficient (Wildman–Crippen LogP) is 12.0. The number of benzene rings is 2. The maximum absolute atomic E-state index is 15.6. The first-order valence-corrected chi connectivity index (χ1v) is 33.0. The van der Waals surface area contributed by atoms with Crippen LogP contribution in [0.25, 0.3) is 21.8 Å². The minimum atomic E-state index is -0.618. The minimum absolute atomic E-state index is 0.0548. The fourth-order valence-electron chi connectivity index (χ4n) is 12.8. The number of hydrogen-bond acceptors (Lipinski definition) is 15.